The first-order valence-electron chi connectivity index (χ1n) is 11.0. The van der Waals surface area contributed by atoms with Gasteiger partial charge in [0.1, 0.15) is 5.58 Å². The molecule has 2 aromatic heterocycles. The first-order valence-corrected chi connectivity index (χ1v) is 11.0. The van der Waals surface area contributed by atoms with Crippen LogP contribution in [0.15, 0.2) is 114 Å². The van der Waals surface area contributed by atoms with E-state index < -0.39 is 0 Å². The predicted molar refractivity (Wildman–Crippen MR) is 135 cm³/mol. The lowest BCUT2D eigenvalue weighted by Crippen LogP contribution is -1.95. The topological polar surface area (TPSA) is 38.9 Å². The lowest BCUT2D eigenvalue weighted by molar-refractivity contribution is 0.653. The third-order valence-corrected chi connectivity index (χ3v) is 6.30. The molecule has 3 heteroatoms. The van der Waals surface area contributed by atoms with E-state index >= 15 is 0 Å². The van der Waals surface area contributed by atoms with Crippen molar-refractivity contribution in [2.75, 3.05) is 0 Å². The van der Waals surface area contributed by atoms with Crippen LogP contribution >= 0.6 is 0 Å². The van der Waals surface area contributed by atoms with Gasteiger partial charge in [0.15, 0.2) is 5.82 Å². The van der Waals surface area contributed by atoms with Crippen molar-refractivity contribution in [2.24, 2.45) is 0 Å². The smallest absolute Gasteiger partial charge is 0.231 e. The Morgan fingerprint density at radius 2 is 1.21 bits per heavy atom. The first-order chi connectivity index (χ1) is 16.4. The minimum Gasteiger partial charge on any atom is -0.438 e. The van der Waals surface area contributed by atoms with Crippen LogP contribution in [-0.2, 0) is 0 Å². The van der Waals surface area contributed by atoms with Crippen LogP contribution in [0.5, 0.6) is 0 Å². The summed E-state index contributed by atoms with van der Waals surface area (Å²) < 4.78 is 6.23. The number of hydrogen-bond donors (Lipinski definition) is 0. The molecule has 0 saturated carbocycles. The van der Waals surface area contributed by atoms with Gasteiger partial charge < -0.3 is 4.42 Å². The van der Waals surface area contributed by atoms with Gasteiger partial charge in [-0.1, -0.05) is 97.1 Å². The van der Waals surface area contributed by atoms with Crippen molar-refractivity contribution in [1.29, 1.82) is 0 Å². The second-order valence-corrected chi connectivity index (χ2v) is 8.23. The molecule has 2 heterocycles. The lowest BCUT2D eigenvalue weighted by Gasteiger charge is -2.11. The highest BCUT2D eigenvalue weighted by molar-refractivity contribution is 6.14. The molecule has 5 aromatic carbocycles. The number of aromatic nitrogens is 2. The first kappa shape index (κ1) is 18.1. The summed E-state index contributed by atoms with van der Waals surface area (Å²) in [6.07, 6.45) is 0. The molecule has 0 aliphatic rings. The van der Waals surface area contributed by atoms with E-state index in [9.17, 15) is 0 Å². The van der Waals surface area contributed by atoms with Crippen LogP contribution in [0, 0.1) is 0 Å². The number of benzene rings is 5. The predicted octanol–water partition coefficient (Wildman–Crippen LogP) is 8.02. The maximum absolute atomic E-state index is 6.23. The van der Waals surface area contributed by atoms with E-state index in [1.165, 1.54) is 16.2 Å². The van der Waals surface area contributed by atoms with Crippen LogP contribution in [0.4, 0.5) is 0 Å². The van der Waals surface area contributed by atoms with Crippen molar-refractivity contribution in [3.05, 3.63) is 109 Å². The van der Waals surface area contributed by atoms with E-state index in [0.29, 0.717) is 11.5 Å². The SMILES string of the molecule is c1ccc(-c2nc(-c3cc4ccccc4c4ccccc34)nc3oc4ccccc4c23)cc1. The summed E-state index contributed by atoms with van der Waals surface area (Å²) in [4.78, 5) is 10.1. The number of hydrogen-bond acceptors (Lipinski definition) is 3. The molecule has 154 valence electrons. The molecule has 0 unspecified atom stereocenters. The van der Waals surface area contributed by atoms with E-state index in [0.717, 1.165) is 38.6 Å². The van der Waals surface area contributed by atoms with Crippen molar-refractivity contribution in [1.82, 2.24) is 9.97 Å². The number of furan rings is 1. The maximum Gasteiger partial charge on any atom is 0.231 e. The average Bonchev–Trinajstić information content (AvgIpc) is 3.27. The van der Waals surface area contributed by atoms with Crippen molar-refractivity contribution in [3.63, 3.8) is 0 Å². The van der Waals surface area contributed by atoms with Gasteiger partial charge in [-0.15, -0.1) is 0 Å². The van der Waals surface area contributed by atoms with Gasteiger partial charge in [0.2, 0.25) is 5.71 Å². The molecule has 0 fully saturated rings. The van der Waals surface area contributed by atoms with Crippen molar-refractivity contribution >= 4 is 43.6 Å². The van der Waals surface area contributed by atoms with Gasteiger partial charge in [-0.05, 0) is 33.7 Å². The van der Waals surface area contributed by atoms with Crippen LogP contribution in [0.2, 0.25) is 0 Å². The highest BCUT2D eigenvalue weighted by Gasteiger charge is 2.19. The number of para-hydroxylation sites is 1. The van der Waals surface area contributed by atoms with E-state index in [1.807, 2.05) is 36.4 Å². The molecule has 0 saturated heterocycles. The highest BCUT2D eigenvalue weighted by atomic mass is 16.3. The normalized spacial score (nSPS) is 11.6. The van der Waals surface area contributed by atoms with Gasteiger partial charge in [-0.3, -0.25) is 0 Å². The Kier molecular flexibility index (Phi) is 3.84. The van der Waals surface area contributed by atoms with Gasteiger partial charge >= 0.3 is 0 Å². The van der Waals surface area contributed by atoms with Gasteiger partial charge in [-0.2, -0.15) is 4.98 Å². The molecule has 0 aliphatic heterocycles. The fourth-order valence-corrected chi connectivity index (χ4v) is 4.79. The molecule has 0 atom stereocenters. The lowest BCUT2D eigenvalue weighted by atomic mass is 9.96. The molecular formula is C30H18N2O. The average molecular weight is 422 g/mol. The van der Waals surface area contributed by atoms with E-state index in [4.69, 9.17) is 14.4 Å². The minimum absolute atomic E-state index is 0.609. The summed E-state index contributed by atoms with van der Waals surface area (Å²) in [5.41, 5.74) is 4.36. The van der Waals surface area contributed by atoms with Gasteiger partial charge in [-0.25, -0.2) is 4.98 Å². The number of fused-ring (bicyclic) bond motifs is 6. The Morgan fingerprint density at radius 1 is 0.545 bits per heavy atom. The quantitative estimate of drug-likeness (QED) is 0.265. The Bertz CT molecular complexity index is 1820. The summed E-state index contributed by atoms with van der Waals surface area (Å²) in [5.74, 6) is 0.669. The molecule has 0 bridgehead atoms. The fraction of sp³-hybridized carbons (Fsp3) is 0. The number of nitrogens with zero attached hydrogens (tertiary/aromatic N) is 2. The molecule has 0 spiro atoms. The van der Waals surface area contributed by atoms with E-state index in [2.05, 4.69) is 72.8 Å². The number of rotatable bonds is 2. The molecule has 3 nitrogen and oxygen atoms in total. The minimum atomic E-state index is 0.609. The van der Waals surface area contributed by atoms with Crippen molar-refractivity contribution < 1.29 is 4.42 Å². The maximum atomic E-state index is 6.23. The molecule has 0 aliphatic carbocycles. The summed E-state index contributed by atoms with van der Waals surface area (Å²) in [6.45, 7) is 0. The van der Waals surface area contributed by atoms with E-state index in [1.54, 1.807) is 0 Å². The third kappa shape index (κ3) is 2.76. The van der Waals surface area contributed by atoms with Gasteiger partial charge in [0.25, 0.3) is 0 Å². The van der Waals surface area contributed by atoms with Crippen LogP contribution in [0.1, 0.15) is 0 Å². The van der Waals surface area contributed by atoms with Gasteiger partial charge in [0, 0.05) is 16.5 Å². The molecule has 7 rings (SSSR count). The second kappa shape index (κ2) is 7.01. The zero-order chi connectivity index (χ0) is 21.8. The summed E-state index contributed by atoms with van der Waals surface area (Å²) >= 11 is 0. The molecule has 0 amide bonds. The standard InChI is InChI=1S/C30H18N2O/c1-2-10-19(11-3-1)28-27-24-16-8-9-17-26(24)33-30(27)32-29(31-28)25-18-20-12-4-5-13-21(20)22-14-6-7-15-23(22)25/h1-18H. The molecule has 7 aromatic rings. The molecule has 33 heavy (non-hydrogen) atoms. The summed E-state index contributed by atoms with van der Waals surface area (Å²) in [6, 6.07) is 37.4. The zero-order valence-corrected chi connectivity index (χ0v) is 17.7. The summed E-state index contributed by atoms with van der Waals surface area (Å²) in [7, 11) is 0. The third-order valence-electron chi connectivity index (χ3n) is 6.30. The van der Waals surface area contributed by atoms with E-state index in [-0.39, 0.29) is 0 Å². The zero-order valence-electron chi connectivity index (χ0n) is 17.7. The monoisotopic (exact) mass is 422 g/mol. The fourth-order valence-electron chi connectivity index (χ4n) is 4.79. The molecular weight excluding hydrogens is 404 g/mol. The van der Waals surface area contributed by atoms with Crippen LogP contribution in [0.25, 0.3) is 66.3 Å². The van der Waals surface area contributed by atoms with Gasteiger partial charge in [0.05, 0.1) is 11.1 Å². The Hall–Kier alpha value is -4.50. The Labute approximate surface area is 190 Å². The Morgan fingerprint density at radius 3 is 2.06 bits per heavy atom. The summed E-state index contributed by atoms with van der Waals surface area (Å²) in [5, 5.41) is 6.70. The molecule has 0 radical (unpaired) electrons. The second-order valence-electron chi connectivity index (χ2n) is 8.23. The van der Waals surface area contributed by atoms with Crippen LogP contribution in [-0.4, -0.2) is 9.97 Å². The Balaban J connectivity index is 1.63. The largest absolute Gasteiger partial charge is 0.438 e. The van der Waals surface area contributed by atoms with Crippen LogP contribution in [0.3, 0.4) is 0 Å². The highest BCUT2D eigenvalue weighted by Crippen LogP contribution is 2.38. The van der Waals surface area contributed by atoms with Crippen molar-refractivity contribution in [3.8, 4) is 22.6 Å². The molecule has 0 N–H and O–H groups in total. The van der Waals surface area contributed by atoms with Crippen LogP contribution < -0.4 is 0 Å². The van der Waals surface area contributed by atoms with Crippen molar-refractivity contribution in [2.45, 2.75) is 0 Å².